The van der Waals surface area contributed by atoms with Gasteiger partial charge in [-0.1, -0.05) is 11.6 Å². The number of nitrogens with two attached hydrogens (primary N) is 1. The van der Waals surface area contributed by atoms with Crippen molar-refractivity contribution >= 4 is 23.3 Å². The van der Waals surface area contributed by atoms with Crippen LogP contribution in [0.2, 0.25) is 5.02 Å². The van der Waals surface area contributed by atoms with Crippen LogP contribution < -0.4 is 11.4 Å². The number of hydrogen-bond acceptors (Lipinski definition) is 7. The van der Waals surface area contributed by atoms with Gasteiger partial charge in [0.25, 0.3) is 11.7 Å². The quantitative estimate of drug-likeness (QED) is 0.334. The first kappa shape index (κ1) is 27.5. The smallest absolute Gasteiger partial charge is 0.363 e. The largest absolute Gasteiger partial charge is 0.451 e. The van der Waals surface area contributed by atoms with Crippen LogP contribution in [0.25, 0.3) is 17.2 Å². The molecular formula is C21H13ClF6N8O3. The lowest BCUT2D eigenvalue weighted by molar-refractivity contribution is -0.171. The summed E-state index contributed by atoms with van der Waals surface area (Å²) in [4.78, 5) is 43.9. The number of amides is 1. The number of hydrogen-bond donors (Lipinski definition) is 1. The second-order valence-electron chi connectivity index (χ2n) is 7.78. The molecule has 4 rings (SSSR count). The van der Waals surface area contributed by atoms with Gasteiger partial charge in [0.05, 0.1) is 6.54 Å². The molecule has 0 spiro atoms. The van der Waals surface area contributed by atoms with Gasteiger partial charge in [-0.3, -0.25) is 14.2 Å². The van der Waals surface area contributed by atoms with E-state index in [4.69, 9.17) is 17.3 Å². The molecule has 4 aromatic rings. The van der Waals surface area contributed by atoms with Crippen LogP contribution in [0.3, 0.4) is 0 Å². The third-order valence-corrected chi connectivity index (χ3v) is 5.35. The van der Waals surface area contributed by atoms with E-state index in [1.54, 1.807) is 0 Å². The van der Waals surface area contributed by atoms with E-state index in [0.717, 1.165) is 12.3 Å². The molecule has 0 unspecified atom stereocenters. The van der Waals surface area contributed by atoms with E-state index in [1.165, 1.54) is 24.3 Å². The van der Waals surface area contributed by atoms with Gasteiger partial charge in [-0.2, -0.15) is 31.0 Å². The molecule has 2 N–H and O–H groups in total. The van der Waals surface area contributed by atoms with E-state index >= 15 is 0 Å². The molecule has 204 valence electrons. The molecule has 0 aliphatic heterocycles. The molecule has 0 fully saturated rings. The van der Waals surface area contributed by atoms with E-state index in [-0.39, 0.29) is 16.4 Å². The molecule has 11 nitrogen and oxygen atoms in total. The van der Waals surface area contributed by atoms with Gasteiger partial charge in [-0.15, -0.1) is 10.2 Å². The summed E-state index contributed by atoms with van der Waals surface area (Å²) < 4.78 is 80.8. The number of rotatable bonds is 7. The Labute approximate surface area is 217 Å². The van der Waals surface area contributed by atoms with Crippen LogP contribution in [-0.4, -0.2) is 52.0 Å². The summed E-state index contributed by atoms with van der Waals surface area (Å²) in [6.07, 6.45) is -9.16. The summed E-state index contributed by atoms with van der Waals surface area (Å²) in [6.45, 7) is -2.15. The number of nitrogens with zero attached hydrogens (tertiary/aromatic N) is 7. The van der Waals surface area contributed by atoms with Crippen molar-refractivity contribution in [1.29, 1.82) is 0 Å². The number of carbonyl (C=O) groups is 2. The summed E-state index contributed by atoms with van der Waals surface area (Å²) in [6, 6.07) is 7.08. The number of Topliss-reactive ketones (excluding diaryl/α,β-unsaturated/α-hetero) is 1. The predicted molar refractivity (Wildman–Crippen MR) is 120 cm³/mol. The van der Waals surface area contributed by atoms with Gasteiger partial charge in [0.1, 0.15) is 12.1 Å². The van der Waals surface area contributed by atoms with E-state index in [1.807, 2.05) is 0 Å². The summed E-state index contributed by atoms with van der Waals surface area (Å²) in [5, 5.41) is 8.03. The van der Waals surface area contributed by atoms with Crippen LogP contribution in [0.5, 0.6) is 0 Å². The minimum atomic E-state index is -5.26. The number of pyridine rings is 1. The normalized spacial score (nSPS) is 12.1. The van der Waals surface area contributed by atoms with Gasteiger partial charge in [-0.25, -0.2) is 19.4 Å². The van der Waals surface area contributed by atoms with Crippen LogP contribution in [0.15, 0.2) is 47.4 Å². The zero-order chi connectivity index (χ0) is 28.7. The molecule has 39 heavy (non-hydrogen) atoms. The molecule has 0 bridgehead atoms. The number of ketones is 1. The zero-order valence-electron chi connectivity index (χ0n) is 19.0. The second kappa shape index (κ2) is 9.97. The monoisotopic (exact) mass is 574 g/mol. The molecule has 1 amide bonds. The summed E-state index contributed by atoms with van der Waals surface area (Å²) in [5.74, 6) is -5.96. The highest BCUT2D eigenvalue weighted by atomic mass is 35.5. The number of aromatic nitrogens is 7. The first-order valence-electron chi connectivity index (χ1n) is 10.5. The van der Waals surface area contributed by atoms with E-state index in [0.29, 0.717) is 20.0 Å². The maximum atomic E-state index is 13.5. The SMILES string of the molecule is NC(=O)c1nc(Cn2nc(-c3ccc(Cl)cc3)n(CC(=O)C(F)(F)F)c2=O)nn1-c1ncccc1C(F)(F)F. The van der Waals surface area contributed by atoms with Crippen molar-refractivity contribution in [2.24, 2.45) is 5.73 Å². The van der Waals surface area contributed by atoms with Crippen molar-refractivity contribution in [2.45, 2.75) is 25.4 Å². The highest BCUT2D eigenvalue weighted by molar-refractivity contribution is 6.30. The molecule has 0 saturated carbocycles. The van der Waals surface area contributed by atoms with Gasteiger partial charge in [0.2, 0.25) is 5.82 Å². The number of primary amides is 1. The van der Waals surface area contributed by atoms with Crippen molar-refractivity contribution in [3.05, 3.63) is 75.3 Å². The molecule has 0 atom stereocenters. The average molecular weight is 575 g/mol. The summed E-state index contributed by atoms with van der Waals surface area (Å²) >= 11 is 5.83. The van der Waals surface area contributed by atoms with Crippen molar-refractivity contribution in [1.82, 2.24) is 34.1 Å². The highest BCUT2D eigenvalue weighted by Crippen LogP contribution is 2.32. The number of halogens is 7. The lowest BCUT2D eigenvalue weighted by Gasteiger charge is -2.11. The zero-order valence-corrected chi connectivity index (χ0v) is 19.8. The van der Waals surface area contributed by atoms with Crippen molar-refractivity contribution < 1.29 is 35.9 Å². The fourth-order valence-corrected chi connectivity index (χ4v) is 3.51. The third-order valence-electron chi connectivity index (χ3n) is 5.10. The fourth-order valence-electron chi connectivity index (χ4n) is 3.38. The molecule has 0 radical (unpaired) electrons. The first-order chi connectivity index (χ1) is 18.2. The van der Waals surface area contributed by atoms with E-state index < -0.39 is 65.9 Å². The molecule has 3 heterocycles. The molecule has 0 aliphatic carbocycles. The molecule has 3 aromatic heterocycles. The average Bonchev–Trinajstić information content (AvgIpc) is 3.41. The standard InChI is InChI=1S/C21H13ClF6N8O3/c22-11-5-3-10(4-6-11)16-33-35(19(39)34(16)8-13(37)21(26,27)28)9-14-31-18(15(29)38)36(32-14)17-12(20(23,24)25)2-1-7-30-17/h1-7H,8-9H2,(H2,29,38). The maximum Gasteiger partial charge on any atom is 0.451 e. The Hall–Kier alpha value is -4.54. The number of benzene rings is 1. The predicted octanol–water partition coefficient (Wildman–Crippen LogP) is 2.64. The molecule has 0 saturated heterocycles. The van der Waals surface area contributed by atoms with Crippen LogP contribution in [0.1, 0.15) is 22.0 Å². The van der Waals surface area contributed by atoms with Gasteiger partial charge < -0.3 is 5.73 Å². The number of carbonyl (C=O) groups excluding carboxylic acids is 2. The first-order valence-corrected chi connectivity index (χ1v) is 10.9. The second-order valence-corrected chi connectivity index (χ2v) is 8.21. The summed E-state index contributed by atoms with van der Waals surface area (Å²) in [7, 11) is 0. The third kappa shape index (κ3) is 5.66. The van der Waals surface area contributed by atoms with E-state index in [2.05, 4.69) is 20.2 Å². The highest BCUT2D eigenvalue weighted by Gasteiger charge is 2.39. The van der Waals surface area contributed by atoms with Gasteiger partial charge in [0, 0.05) is 16.8 Å². The van der Waals surface area contributed by atoms with Crippen LogP contribution in [0.4, 0.5) is 26.3 Å². The number of alkyl halides is 6. The Bertz CT molecular complexity index is 1620. The van der Waals surface area contributed by atoms with Crippen LogP contribution >= 0.6 is 11.6 Å². The van der Waals surface area contributed by atoms with Crippen LogP contribution in [-0.2, 0) is 24.1 Å². The van der Waals surface area contributed by atoms with Crippen molar-refractivity contribution in [3.8, 4) is 17.2 Å². The summed E-state index contributed by atoms with van der Waals surface area (Å²) in [5.41, 5.74) is 2.88. The molecular weight excluding hydrogens is 562 g/mol. The van der Waals surface area contributed by atoms with Crippen LogP contribution in [0, 0.1) is 0 Å². The van der Waals surface area contributed by atoms with Crippen molar-refractivity contribution in [2.75, 3.05) is 0 Å². The molecule has 0 aliphatic rings. The minimum absolute atomic E-state index is 0.116. The van der Waals surface area contributed by atoms with Crippen molar-refractivity contribution in [3.63, 3.8) is 0 Å². The Balaban J connectivity index is 1.81. The lowest BCUT2D eigenvalue weighted by Crippen LogP contribution is -2.33. The fraction of sp³-hybridized carbons (Fsp3) is 0.190. The van der Waals surface area contributed by atoms with Gasteiger partial charge in [0.15, 0.2) is 17.5 Å². The molecule has 1 aromatic carbocycles. The van der Waals surface area contributed by atoms with Gasteiger partial charge >= 0.3 is 18.0 Å². The Morgan fingerprint density at radius 1 is 1.00 bits per heavy atom. The maximum absolute atomic E-state index is 13.5. The van der Waals surface area contributed by atoms with Gasteiger partial charge in [-0.05, 0) is 36.4 Å². The molecule has 18 heteroatoms. The topological polar surface area (TPSA) is 144 Å². The Kier molecular flexibility index (Phi) is 7.03. The lowest BCUT2D eigenvalue weighted by atomic mass is 10.2. The van der Waals surface area contributed by atoms with E-state index in [9.17, 15) is 40.7 Å². The Morgan fingerprint density at radius 2 is 1.67 bits per heavy atom. The minimum Gasteiger partial charge on any atom is -0.363 e. The Morgan fingerprint density at radius 3 is 2.26 bits per heavy atom.